The van der Waals surface area contributed by atoms with Gasteiger partial charge in [-0.25, -0.2) is 4.79 Å². The first-order chi connectivity index (χ1) is 11.4. The van der Waals surface area contributed by atoms with E-state index < -0.39 is 17.9 Å². The lowest BCUT2D eigenvalue weighted by molar-refractivity contribution is -0.161. The van der Waals surface area contributed by atoms with Gasteiger partial charge in [0.1, 0.15) is 0 Å². The van der Waals surface area contributed by atoms with Gasteiger partial charge in [-0.15, -0.1) is 0 Å². The first kappa shape index (κ1) is 18.3. The molecule has 2 rings (SSSR count). The summed E-state index contributed by atoms with van der Waals surface area (Å²) in [4.78, 5) is 23.8. The lowest BCUT2D eigenvalue weighted by atomic mass is 10.1. The van der Waals surface area contributed by atoms with Crippen molar-refractivity contribution in [2.45, 2.75) is 58.8 Å². The maximum absolute atomic E-state index is 12.0. The average Bonchev–Trinajstić information content (AvgIpc) is 2.80. The van der Waals surface area contributed by atoms with E-state index >= 15 is 0 Å². The fourth-order valence-corrected chi connectivity index (χ4v) is 2.39. The summed E-state index contributed by atoms with van der Waals surface area (Å²) >= 11 is 0. The monoisotopic (exact) mass is 336 g/mol. The molecule has 0 unspecified atom stereocenters. The summed E-state index contributed by atoms with van der Waals surface area (Å²) in [6, 6.07) is 4.95. The van der Waals surface area contributed by atoms with E-state index in [0.717, 1.165) is 12.8 Å². The molecule has 0 aromatic heterocycles. The maximum Gasteiger partial charge on any atom is 0.342 e. The number of benzene rings is 1. The molecular weight excluding hydrogens is 312 g/mol. The maximum atomic E-state index is 12.0. The Bertz CT molecular complexity index is 608. The standard InChI is InChI=1S/C18H24O6/c1-5-7-8-15(19)22-13-10-9-12(11-14(13)21-6-2)16-17(20)24-18(3,4)23-16/h9-11,16H,5-8H2,1-4H3/t16-/m0/s1. The Balaban J connectivity index is 2.20. The lowest BCUT2D eigenvalue weighted by Gasteiger charge is -2.16. The Hall–Kier alpha value is -2.08. The highest BCUT2D eigenvalue weighted by molar-refractivity contribution is 5.79. The van der Waals surface area contributed by atoms with Gasteiger partial charge in [-0.05, 0) is 31.0 Å². The van der Waals surface area contributed by atoms with Crippen LogP contribution in [0.5, 0.6) is 11.5 Å². The van der Waals surface area contributed by atoms with Crippen molar-refractivity contribution in [3.63, 3.8) is 0 Å². The molecular formula is C18H24O6. The molecule has 1 fully saturated rings. The minimum Gasteiger partial charge on any atom is -0.490 e. The van der Waals surface area contributed by atoms with Gasteiger partial charge in [0.05, 0.1) is 6.61 Å². The number of esters is 2. The summed E-state index contributed by atoms with van der Waals surface area (Å²) in [6.07, 6.45) is 1.24. The molecule has 1 aliphatic rings. The van der Waals surface area contributed by atoms with E-state index in [4.69, 9.17) is 18.9 Å². The van der Waals surface area contributed by atoms with Gasteiger partial charge < -0.3 is 18.9 Å². The van der Waals surface area contributed by atoms with Crippen LogP contribution < -0.4 is 9.47 Å². The van der Waals surface area contributed by atoms with Crippen LogP contribution in [-0.2, 0) is 19.1 Å². The van der Waals surface area contributed by atoms with Crippen LogP contribution >= 0.6 is 0 Å². The smallest absolute Gasteiger partial charge is 0.342 e. The van der Waals surface area contributed by atoms with Crippen molar-refractivity contribution in [1.29, 1.82) is 0 Å². The molecule has 24 heavy (non-hydrogen) atoms. The summed E-state index contributed by atoms with van der Waals surface area (Å²) in [5.41, 5.74) is 0.599. The van der Waals surface area contributed by atoms with E-state index in [1.54, 1.807) is 32.0 Å². The molecule has 0 N–H and O–H groups in total. The molecule has 6 nitrogen and oxygen atoms in total. The normalized spacial score (nSPS) is 19.0. The van der Waals surface area contributed by atoms with Crippen molar-refractivity contribution < 1.29 is 28.5 Å². The van der Waals surface area contributed by atoms with Gasteiger partial charge in [-0.3, -0.25) is 4.79 Å². The van der Waals surface area contributed by atoms with Crippen molar-refractivity contribution in [3.05, 3.63) is 23.8 Å². The molecule has 6 heteroatoms. The second-order valence-electron chi connectivity index (χ2n) is 6.04. The predicted octanol–water partition coefficient (Wildman–Crippen LogP) is 3.53. The van der Waals surface area contributed by atoms with E-state index in [1.807, 2.05) is 13.8 Å². The molecule has 0 saturated carbocycles. The first-order valence-corrected chi connectivity index (χ1v) is 8.24. The molecule has 1 saturated heterocycles. The molecule has 1 aromatic carbocycles. The zero-order chi connectivity index (χ0) is 17.7. The molecule has 1 aliphatic heterocycles. The SMILES string of the molecule is CCCCC(=O)Oc1ccc([C@@H]2OC(C)(C)OC2=O)cc1OCC. The van der Waals surface area contributed by atoms with Crippen LogP contribution in [0, 0.1) is 0 Å². The summed E-state index contributed by atoms with van der Waals surface area (Å²) in [6.45, 7) is 7.61. The van der Waals surface area contributed by atoms with E-state index in [0.29, 0.717) is 30.1 Å². The highest BCUT2D eigenvalue weighted by Crippen LogP contribution is 2.38. The van der Waals surface area contributed by atoms with Crippen molar-refractivity contribution in [3.8, 4) is 11.5 Å². The molecule has 0 amide bonds. The van der Waals surface area contributed by atoms with Gasteiger partial charge in [-0.1, -0.05) is 19.4 Å². The van der Waals surface area contributed by atoms with E-state index in [-0.39, 0.29) is 5.97 Å². The largest absolute Gasteiger partial charge is 0.490 e. The van der Waals surface area contributed by atoms with Crippen molar-refractivity contribution in [1.82, 2.24) is 0 Å². The fraction of sp³-hybridized carbons (Fsp3) is 0.556. The zero-order valence-corrected chi connectivity index (χ0v) is 14.6. The summed E-state index contributed by atoms with van der Waals surface area (Å²) in [7, 11) is 0. The molecule has 0 aliphatic carbocycles. The van der Waals surface area contributed by atoms with Crippen molar-refractivity contribution >= 4 is 11.9 Å². The molecule has 0 bridgehead atoms. The molecule has 132 valence electrons. The molecule has 0 spiro atoms. The van der Waals surface area contributed by atoms with E-state index in [9.17, 15) is 9.59 Å². The number of unbranched alkanes of at least 4 members (excludes halogenated alkanes) is 1. The van der Waals surface area contributed by atoms with Gasteiger partial charge >= 0.3 is 11.9 Å². The van der Waals surface area contributed by atoms with Crippen molar-refractivity contribution in [2.75, 3.05) is 6.61 Å². The van der Waals surface area contributed by atoms with Crippen LogP contribution in [0.3, 0.4) is 0 Å². The number of carbonyl (C=O) groups is 2. The van der Waals surface area contributed by atoms with Crippen LogP contribution in [0.15, 0.2) is 18.2 Å². The van der Waals surface area contributed by atoms with Crippen molar-refractivity contribution in [2.24, 2.45) is 0 Å². The minimum atomic E-state index is -0.960. The Labute approximate surface area is 142 Å². The number of hydrogen-bond acceptors (Lipinski definition) is 6. The van der Waals surface area contributed by atoms with Crippen LogP contribution in [0.25, 0.3) is 0 Å². The number of ether oxygens (including phenoxy) is 4. The van der Waals surface area contributed by atoms with E-state index in [2.05, 4.69) is 0 Å². The number of carbonyl (C=O) groups excluding carboxylic acids is 2. The summed E-state index contributed by atoms with van der Waals surface area (Å²) in [5.74, 6) is -0.967. The highest BCUT2D eigenvalue weighted by Gasteiger charge is 2.42. The van der Waals surface area contributed by atoms with Crippen LogP contribution in [0.4, 0.5) is 0 Å². The lowest BCUT2D eigenvalue weighted by Crippen LogP contribution is -2.20. The van der Waals surface area contributed by atoms with Crippen LogP contribution in [0.2, 0.25) is 0 Å². The average molecular weight is 336 g/mol. The Morgan fingerprint density at radius 2 is 2.00 bits per heavy atom. The second kappa shape index (κ2) is 7.66. The second-order valence-corrected chi connectivity index (χ2v) is 6.04. The summed E-state index contributed by atoms with van der Waals surface area (Å²) < 4.78 is 21.7. The fourth-order valence-electron chi connectivity index (χ4n) is 2.39. The molecule has 1 aromatic rings. The topological polar surface area (TPSA) is 71.1 Å². The Morgan fingerprint density at radius 1 is 1.25 bits per heavy atom. The molecule has 1 atom stereocenters. The summed E-state index contributed by atoms with van der Waals surface area (Å²) in [5, 5.41) is 0. The zero-order valence-electron chi connectivity index (χ0n) is 14.6. The minimum absolute atomic E-state index is 0.303. The quantitative estimate of drug-likeness (QED) is 0.560. The van der Waals surface area contributed by atoms with E-state index in [1.165, 1.54) is 0 Å². The van der Waals surface area contributed by atoms with Gasteiger partial charge in [-0.2, -0.15) is 0 Å². The predicted molar refractivity (Wildman–Crippen MR) is 86.8 cm³/mol. The van der Waals surface area contributed by atoms with Gasteiger partial charge in [0.15, 0.2) is 17.6 Å². The number of rotatable bonds is 7. The highest BCUT2D eigenvalue weighted by atomic mass is 16.8. The Morgan fingerprint density at radius 3 is 2.58 bits per heavy atom. The third kappa shape index (κ3) is 4.47. The van der Waals surface area contributed by atoms with Gasteiger partial charge in [0.25, 0.3) is 0 Å². The van der Waals surface area contributed by atoms with Gasteiger partial charge in [0.2, 0.25) is 5.79 Å². The van der Waals surface area contributed by atoms with Gasteiger partial charge in [0, 0.05) is 20.3 Å². The third-order valence-electron chi connectivity index (χ3n) is 3.49. The number of cyclic esters (lactones) is 1. The van der Waals surface area contributed by atoms with Crippen LogP contribution in [0.1, 0.15) is 58.6 Å². The van der Waals surface area contributed by atoms with Crippen LogP contribution in [-0.4, -0.2) is 24.3 Å². The molecule has 1 heterocycles. The number of hydrogen-bond donors (Lipinski definition) is 0. The Kier molecular flexibility index (Phi) is 5.83. The first-order valence-electron chi connectivity index (χ1n) is 8.24. The molecule has 0 radical (unpaired) electrons. The third-order valence-corrected chi connectivity index (χ3v) is 3.49.